The molecular weight excluding hydrogens is 328 g/mol. The van der Waals surface area contributed by atoms with Crippen molar-refractivity contribution in [3.8, 4) is 0 Å². The van der Waals surface area contributed by atoms with Gasteiger partial charge in [-0.25, -0.2) is 9.97 Å². The van der Waals surface area contributed by atoms with E-state index in [1.54, 1.807) is 0 Å². The van der Waals surface area contributed by atoms with Crippen molar-refractivity contribution in [2.75, 3.05) is 17.7 Å². The zero-order valence-corrected chi connectivity index (χ0v) is 14.1. The van der Waals surface area contributed by atoms with Crippen LogP contribution in [-0.4, -0.2) is 17.0 Å². The first-order chi connectivity index (χ1) is 10.1. The van der Waals surface area contributed by atoms with Crippen LogP contribution >= 0.6 is 15.9 Å². The van der Waals surface area contributed by atoms with Crippen molar-refractivity contribution in [2.24, 2.45) is 0 Å². The number of anilines is 3. The van der Waals surface area contributed by atoms with Gasteiger partial charge in [-0.05, 0) is 54.2 Å². The minimum atomic E-state index is 0.527. The van der Waals surface area contributed by atoms with Crippen LogP contribution < -0.4 is 10.6 Å². The maximum atomic E-state index is 4.73. The molecule has 1 heterocycles. The molecule has 0 unspecified atom stereocenters. The van der Waals surface area contributed by atoms with Gasteiger partial charge < -0.3 is 10.6 Å². The van der Waals surface area contributed by atoms with Gasteiger partial charge in [0.1, 0.15) is 17.5 Å². The molecule has 4 nitrogen and oxygen atoms in total. The molecular formula is C16H19BrN4. The molecule has 5 heteroatoms. The van der Waals surface area contributed by atoms with Gasteiger partial charge in [-0.2, -0.15) is 0 Å². The molecule has 3 rings (SSSR count). The Morgan fingerprint density at radius 3 is 2.52 bits per heavy atom. The Hall–Kier alpha value is -1.62. The fourth-order valence-electron chi connectivity index (χ4n) is 2.29. The van der Waals surface area contributed by atoms with E-state index in [0.29, 0.717) is 5.92 Å². The lowest BCUT2D eigenvalue weighted by molar-refractivity contribution is 0.923. The summed E-state index contributed by atoms with van der Waals surface area (Å²) in [5.74, 6) is 3.25. The Labute approximate surface area is 133 Å². The van der Waals surface area contributed by atoms with Crippen LogP contribution in [0.25, 0.3) is 0 Å². The van der Waals surface area contributed by atoms with Gasteiger partial charge >= 0.3 is 0 Å². The van der Waals surface area contributed by atoms with E-state index in [9.17, 15) is 0 Å². The fraction of sp³-hybridized carbons (Fsp3) is 0.375. The van der Waals surface area contributed by atoms with E-state index in [2.05, 4.69) is 50.6 Å². The molecule has 0 spiro atoms. The number of rotatable bonds is 4. The van der Waals surface area contributed by atoms with Gasteiger partial charge in [-0.15, -0.1) is 0 Å². The number of aryl methyl sites for hydroxylation is 1. The molecule has 0 atom stereocenters. The average molecular weight is 347 g/mol. The molecule has 1 fully saturated rings. The van der Waals surface area contributed by atoms with Crippen LogP contribution in [0.3, 0.4) is 0 Å². The third-order valence-corrected chi connectivity index (χ3v) is 4.84. The molecule has 110 valence electrons. The summed E-state index contributed by atoms with van der Waals surface area (Å²) in [5.41, 5.74) is 3.26. The minimum absolute atomic E-state index is 0.527. The van der Waals surface area contributed by atoms with Gasteiger partial charge in [0.25, 0.3) is 0 Å². The van der Waals surface area contributed by atoms with E-state index in [1.165, 1.54) is 18.4 Å². The standard InChI is InChI=1S/C16H19BrN4/c1-9-5-4-6-12(13(9)17)19-15-10(2)14(18-3)20-16(21-15)11-7-8-11/h4-6,11H,7-8H2,1-3H3,(H2,18,19,20,21). The zero-order valence-electron chi connectivity index (χ0n) is 12.5. The highest BCUT2D eigenvalue weighted by atomic mass is 79.9. The summed E-state index contributed by atoms with van der Waals surface area (Å²) in [5, 5.41) is 6.61. The molecule has 2 aromatic rings. The van der Waals surface area contributed by atoms with Gasteiger partial charge in [0.2, 0.25) is 0 Å². The van der Waals surface area contributed by atoms with Gasteiger partial charge in [-0.3, -0.25) is 0 Å². The average Bonchev–Trinajstić information content (AvgIpc) is 3.30. The second-order valence-electron chi connectivity index (χ2n) is 5.49. The molecule has 0 aliphatic heterocycles. The summed E-state index contributed by atoms with van der Waals surface area (Å²) >= 11 is 3.64. The Kier molecular flexibility index (Phi) is 3.85. The van der Waals surface area contributed by atoms with Crippen LogP contribution in [0, 0.1) is 13.8 Å². The first-order valence-electron chi connectivity index (χ1n) is 7.18. The van der Waals surface area contributed by atoms with Crippen molar-refractivity contribution in [3.63, 3.8) is 0 Å². The normalized spacial score (nSPS) is 14.1. The van der Waals surface area contributed by atoms with Gasteiger partial charge in [0.05, 0.1) is 5.69 Å². The lowest BCUT2D eigenvalue weighted by Crippen LogP contribution is -2.07. The quantitative estimate of drug-likeness (QED) is 0.854. The van der Waals surface area contributed by atoms with Crippen molar-refractivity contribution in [2.45, 2.75) is 32.6 Å². The van der Waals surface area contributed by atoms with E-state index < -0.39 is 0 Å². The molecule has 1 aliphatic carbocycles. The minimum Gasteiger partial charge on any atom is -0.373 e. The largest absolute Gasteiger partial charge is 0.373 e. The molecule has 1 aromatic heterocycles. The van der Waals surface area contributed by atoms with Crippen molar-refractivity contribution in [3.05, 3.63) is 39.6 Å². The van der Waals surface area contributed by atoms with E-state index in [1.807, 2.05) is 20.0 Å². The number of benzene rings is 1. The number of aromatic nitrogens is 2. The predicted octanol–water partition coefficient (Wildman–Crippen LogP) is 4.52. The third-order valence-electron chi connectivity index (χ3n) is 3.79. The zero-order chi connectivity index (χ0) is 15.0. The smallest absolute Gasteiger partial charge is 0.139 e. The Bertz CT molecular complexity index is 680. The lowest BCUT2D eigenvalue weighted by atomic mass is 10.2. The fourth-order valence-corrected chi connectivity index (χ4v) is 2.66. The molecule has 1 saturated carbocycles. The number of nitrogens with one attached hydrogen (secondary N) is 2. The summed E-state index contributed by atoms with van der Waals surface area (Å²) in [7, 11) is 1.90. The highest BCUT2D eigenvalue weighted by Gasteiger charge is 2.28. The molecule has 21 heavy (non-hydrogen) atoms. The summed E-state index contributed by atoms with van der Waals surface area (Å²) in [6.45, 7) is 4.12. The second kappa shape index (κ2) is 5.64. The molecule has 0 saturated heterocycles. The van der Waals surface area contributed by atoms with Gasteiger partial charge in [-0.1, -0.05) is 12.1 Å². The monoisotopic (exact) mass is 346 g/mol. The molecule has 1 aliphatic rings. The summed E-state index contributed by atoms with van der Waals surface area (Å²) in [6, 6.07) is 6.17. The maximum Gasteiger partial charge on any atom is 0.139 e. The van der Waals surface area contributed by atoms with Crippen molar-refractivity contribution < 1.29 is 0 Å². The first kappa shape index (κ1) is 14.3. The Morgan fingerprint density at radius 1 is 1.14 bits per heavy atom. The highest BCUT2D eigenvalue weighted by molar-refractivity contribution is 9.10. The van der Waals surface area contributed by atoms with E-state index in [4.69, 9.17) is 4.98 Å². The third kappa shape index (κ3) is 2.88. The van der Waals surface area contributed by atoms with E-state index in [-0.39, 0.29) is 0 Å². The van der Waals surface area contributed by atoms with Crippen LogP contribution in [0.1, 0.15) is 35.7 Å². The van der Waals surface area contributed by atoms with Crippen molar-refractivity contribution >= 4 is 33.3 Å². The van der Waals surface area contributed by atoms with Crippen LogP contribution in [0.5, 0.6) is 0 Å². The second-order valence-corrected chi connectivity index (χ2v) is 6.28. The van der Waals surface area contributed by atoms with Crippen LogP contribution in [0.15, 0.2) is 22.7 Å². The van der Waals surface area contributed by atoms with Gasteiger partial charge in [0, 0.05) is 23.0 Å². The number of hydrogen-bond donors (Lipinski definition) is 2. The number of halogens is 1. The van der Waals surface area contributed by atoms with E-state index >= 15 is 0 Å². The van der Waals surface area contributed by atoms with Crippen LogP contribution in [0.2, 0.25) is 0 Å². The predicted molar refractivity (Wildman–Crippen MR) is 90.5 cm³/mol. The Balaban J connectivity index is 2.01. The van der Waals surface area contributed by atoms with Crippen LogP contribution in [-0.2, 0) is 0 Å². The molecule has 0 bridgehead atoms. The van der Waals surface area contributed by atoms with Crippen LogP contribution in [0.4, 0.5) is 17.3 Å². The molecule has 1 aromatic carbocycles. The van der Waals surface area contributed by atoms with E-state index in [0.717, 1.165) is 33.2 Å². The molecule has 0 amide bonds. The molecule has 0 radical (unpaired) electrons. The SMILES string of the molecule is CNc1nc(C2CC2)nc(Nc2cccc(C)c2Br)c1C. The molecule has 2 N–H and O–H groups in total. The van der Waals surface area contributed by atoms with Crippen molar-refractivity contribution in [1.82, 2.24) is 9.97 Å². The maximum absolute atomic E-state index is 4.73. The topological polar surface area (TPSA) is 49.8 Å². The number of hydrogen-bond acceptors (Lipinski definition) is 4. The summed E-state index contributed by atoms with van der Waals surface area (Å²) in [4.78, 5) is 9.35. The highest BCUT2D eigenvalue weighted by Crippen LogP contribution is 2.40. The Morgan fingerprint density at radius 2 is 1.86 bits per heavy atom. The van der Waals surface area contributed by atoms with Gasteiger partial charge in [0.15, 0.2) is 0 Å². The lowest BCUT2D eigenvalue weighted by Gasteiger charge is -2.15. The first-order valence-corrected chi connectivity index (χ1v) is 7.98. The summed E-state index contributed by atoms with van der Waals surface area (Å²) in [6.07, 6.45) is 2.39. The summed E-state index contributed by atoms with van der Waals surface area (Å²) < 4.78 is 1.07. The van der Waals surface area contributed by atoms with Crippen molar-refractivity contribution in [1.29, 1.82) is 0 Å². The number of nitrogens with zero attached hydrogens (tertiary/aromatic N) is 2.